The molecule has 0 amide bonds. The molecule has 0 aliphatic heterocycles. The Morgan fingerprint density at radius 2 is 1.71 bits per heavy atom. The molecule has 2 aromatic rings. The maximum absolute atomic E-state index is 11.1. The van der Waals surface area contributed by atoms with E-state index in [-0.39, 0.29) is 21.5 Å². The summed E-state index contributed by atoms with van der Waals surface area (Å²) in [6.45, 7) is 0. The molecule has 0 saturated carbocycles. The van der Waals surface area contributed by atoms with Gasteiger partial charge < -0.3 is 9.94 Å². The van der Waals surface area contributed by atoms with Crippen LogP contribution in [0.4, 0.5) is 11.4 Å². The van der Waals surface area contributed by atoms with Gasteiger partial charge in [-0.05, 0) is 23.8 Å². The van der Waals surface area contributed by atoms with Crippen LogP contribution in [0.1, 0.15) is 5.56 Å². The molecule has 0 aromatic heterocycles. The molecule has 0 radical (unpaired) electrons. The predicted octanol–water partition coefficient (Wildman–Crippen LogP) is 4.41. The van der Waals surface area contributed by atoms with Gasteiger partial charge in [0.1, 0.15) is 0 Å². The molecular formula is C13H7Cl2N3O6. The summed E-state index contributed by atoms with van der Waals surface area (Å²) >= 11 is 12.0. The fourth-order valence-electron chi connectivity index (χ4n) is 1.78. The van der Waals surface area contributed by atoms with E-state index in [1.807, 2.05) is 0 Å². The lowest BCUT2D eigenvalue weighted by molar-refractivity contribution is -0.394. The van der Waals surface area contributed by atoms with Gasteiger partial charge in [-0.3, -0.25) is 20.2 Å². The Balaban J connectivity index is 2.48. The second-order valence-corrected chi connectivity index (χ2v) is 5.14. The summed E-state index contributed by atoms with van der Waals surface area (Å²) in [5, 5.41) is 33.1. The zero-order valence-corrected chi connectivity index (χ0v) is 13.1. The Morgan fingerprint density at radius 3 is 2.21 bits per heavy atom. The minimum absolute atomic E-state index is 0.00468. The first-order valence-corrected chi connectivity index (χ1v) is 6.86. The molecule has 0 aliphatic rings. The van der Waals surface area contributed by atoms with Gasteiger partial charge >= 0.3 is 5.69 Å². The zero-order chi connectivity index (χ0) is 17.9. The highest BCUT2D eigenvalue weighted by Crippen LogP contribution is 2.41. The number of non-ortho nitro benzene ring substituents is 1. The summed E-state index contributed by atoms with van der Waals surface area (Å²) in [6.07, 6.45) is 1.08. The van der Waals surface area contributed by atoms with Crippen LogP contribution in [0.3, 0.4) is 0 Å². The number of benzene rings is 2. The van der Waals surface area contributed by atoms with Crippen molar-refractivity contribution in [2.75, 3.05) is 0 Å². The molecule has 0 heterocycles. The maximum atomic E-state index is 11.1. The van der Waals surface area contributed by atoms with Gasteiger partial charge in [0, 0.05) is 6.07 Å². The molecule has 9 nitrogen and oxygen atoms in total. The van der Waals surface area contributed by atoms with Crippen LogP contribution >= 0.6 is 23.2 Å². The van der Waals surface area contributed by atoms with Gasteiger partial charge in [0.2, 0.25) is 5.75 Å². The number of nitro groups is 2. The third-order valence-electron chi connectivity index (χ3n) is 2.79. The predicted molar refractivity (Wildman–Crippen MR) is 85.7 cm³/mol. The van der Waals surface area contributed by atoms with E-state index in [9.17, 15) is 20.2 Å². The van der Waals surface area contributed by atoms with Gasteiger partial charge in [-0.15, -0.1) is 0 Å². The highest BCUT2D eigenvalue weighted by atomic mass is 35.5. The number of halogens is 2. The summed E-state index contributed by atoms with van der Waals surface area (Å²) in [4.78, 5) is 20.2. The van der Waals surface area contributed by atoms with Crippen molar-refractivity contribution in [3.8, 4) is 11.5 Å². The average Bonchev–Trinajstić information content (AvgIpc) is 2.51. The second-order valence-electron chi connectivity index (χ2n) is 4.33. The Bertz CT molecular complexity index is 833. The van der Waals surface area contributed by atoms with Gasteiger partial charge in [-0.1, -0.05) is 28.4 Å². The van der Waals surface area contributed by atoms with Crippen molar-refractivity contribution in [3.05, 3.63) is 66.2 Å². The van der Waals surface area contributed by atoms with Crippen LogP contribution in [0.15, 0.2) is 35.5 Å². The molecule has 0 atom stereocenters. The lowest BCUT2D eigenvalue weighted by Gasteiger charge is -2.10. The summed E-state index contributed by atoms with van der Waals surface area (Å²) in [5.74, 6) is -0.344. The van der Waals surface area contributed by atoms with Crippen LogP contribution in [0.5, 0.6) is 11.5 Å². The molecule has 2 aromatic carbocycles. The average molecular weight is 372 g/mol. The van der Waals surface area contributed by atoms with Crippen molar-refractivity contribution < 1.29 is 19.8 Å². The number of rotatable bonds is 5. The first-order valence-electron chi connectivity index (χ1n) is 6.10. The number of hydrogen-bond acceptors (Lipinski definition) is 7. The topological polar surface area (TPSA) is 128 Å². The van der Waals surface area contributed by atoms with Gasteiger partial charge in [-0.25, -0.2) is 0 Å². The summed E-state index contributed by atoms with van der Waals surface area (Å²) < 4.78 is 5.37. The number of oxime groups is 1. The van der Waals surface area contributed by atoms with Crippen LogP contribution in [0, 0.1) is 20.2 Å². The number of ether oxygens (including phenoxy) is 1. The highest BCUT2D eigenvalue weighted by Gasteiger charge is 2.22. The minimum atomic E-state index is -0.822. The molecule has 2 rings (SSSR count). The van der Waals surface area contributed by atoms with Crippen LogP contribution in [-0.4, -0.2) is 21.3 Å². The van der Waals surface area contributed by atoms with Crippen LogP contribution < -0.4 is 4.74 Å². The standard InChI is InChI=1S/C13H7Cl2N3O6/c14-9-3-7(6-16-19)4-10(15)13(9)24-12-2-1-8(17(20)21)5-11(12)18(22)23/h1-6,19H/b16-6-. The first-order chi connectivity index (χ1) is 11.3. The zero-order valence-electron chi connectivity index (χ0n) is 11.6. The van der Waals surface area contributed by atoms with Crippen molar-refractivity contribution in [3.63, 3.8) is 0 Å². The first kappa shape index (κ1) is 17.4. The quantitative estimate of drug-likeness (QED) is 0.358. The van der Waals surface area contributed by atoms with Crippen LogP contribution in [0.25, 0.3) is 0 Å². The van der Waals surface area contributed by atoms with E-state index in [1.54, 1.807) is 0 Å². The van der Waals surface area contributed by atoms with Gasteiger partial charge in [0.05, 0.1) is 32.2 Å². The van der Waals surface area contributed by atoms with Crippen molar-refractivity contribution in [1.29, 1.82) is 0 Å². The van der Waals surface area contributed by atoms with E-state index in [1.165, 1.54) is 12.1 Å². The van der Waals surface area contributed by atoms with Crippen molar-refractivity contribution >= 4 is 40.8 Å². The largest absolute Gasteiger partial charge is 0.447 e. The molecule has 0 saturated heterocycles. The van der Waals surface area contributed by atoms with Crippen LogP contribution in [-0.2, 0) is 0 Å². The monoisotopic (exact) mass is 371 g/mol. The molecule has 124 valence electrons. The van der Waals surface area contributed by atoms with E-state index >= 15 is 0 Å². The Morgan fingerprint density at radius 1 is 1.08 bits per heavy atom. The minimum Gasteiger partial charge on any atom is -0.447 e. The SMILES string of the molecule is O=[N+]([O-])c1ccc(Oc2c(Cl)cc(/C=N\O)cc2Cl)c([N+](=O)[O-])c1. The second kappa shape index (κ2) is 7.11. The lowest BCUT2D eigenvalue weighted by Crippen LogP contribution is -1.97. The summed E-state index contributed by atoms with van der Waals surface area (Å²) in [7, 11) is 0. The van der Waals surface area contributed by atoms with E-state index < -0.39 is 21.2 Å². The molecule has 0 aliphatic carbocycles. The van der Waals surface area contributed by atoms with E-state index in [0.29, 0.717) is 5.56 Å². The number of hydrogen-bond donors (Lipinski definition) is 1. The fourth-order valence-corrected chi connectivity index (χ4v) is 2.36. The Labute approximate surface area is 144 Å². The molecule has 0 spiro atoms. The van der Waals surface area contributed by atoms with E-state index in [0.717, 1.165) is 24.4 Å². The molecule has 11 heteroatoms. The maximum Gasteiger partial charge on any atom is 0.318 e. The van der Waals surface area contributed by atoms with Crippen molar-refractivity contribution in [2.24, 2.45) is 5.16 Å². The van der Waals surface area contributed by atoms with Gasteiger partial charge in [0.25, 0.3) is 5.69 Å². The normalized spacial score (nSPS) is 10.8. The summed E-state index contributed by atoms with van der Waals surface area (Å²) in [5.41, 5.74) is -0.698. The van der Waals surface area contributed by atoms with Gasteiger partial charge in [-0.2, -0.15) is 0 Å². The Kier molecular flexibility index (Phi) is 5.17. The van der Waals surface area contributed by atoms with Crippen molar-refractivity contribution in [2.45, 2.75) is 0 Å². The lowest BCUT2D eigenvalue weighted by atomic mass is 10.2. The van der Waals surface area contributed by atoms with Crippen LogP contribution in [0.2, 0.25) is 10.0 Å². The molecule has 0 fully saturated rings. The third-order valence-corrected chi connectivity index (χ3v) is 3.35. The van der Waals surface area contributed by atoms with E-state index in [4.69, 9.17) is 33.1 Å². The molecule has 1 N–H and O–H groups in total. The number of nitro benzene ring substituents is 2. The van der Waals surface area contributed by atoms with Crippen molar-refractivity contribution in [1.82, 2.24) is 0 Å². The Hall–Kier alpha value is -2.91. The molecule has 0 bridgehead atoms. The number of nitrogens with zero attached hydrogens (tertiary/aromatic N) is 3. The van der Waals surface area contributed by atoms with E-state index in [2.05, 4.69) is 5.16 Å². The third kappa shape index (κ3) is 3.70. The fraction of sp³-hybridized carbons (Fsp3) is 0. The van der Waals surface area contributed by atoms with Gasteiger partial charge in [0.15, 0.2) is 5.75 Å². The highest BCUT2D eigenvalue weighted by molar-refractivity contribution is 6.37. The summed E-state index contributed by atoms with van der Waals surface area (Å²) in [6, 6.07) is 5.62. The molecule has 24 heavy (non-hydrogen) atoms. The molecule has 0 unspecified atom stereocenters. The molecular weight excluding hydrogens is 365 g/mol. The smallest absolute Gasteiger partial charge is 0.318 e.